The molecule has 7 heteroatoms. The summed E-state index contributed by atoms with van der Waals surface area (Å²) < 4.78 is 35.1. The van der Waals surface area contributed by atoms with E-state index in [4.69, 9.17) is 4.74 Å². The van der Waals surface area contributed by atoms with Gasteiger partial charge in [-0.25, -0.2) is 8.42 Å². The Balaban J connectivity index is 2.72. The molecule has 1 rings (SSSR count). The first-order valence-corrected chi connectivity index (χ1v) is 7.67. The summed E-state index contributed by atoms with van der Waals surface area (Å²) in [5, 5.41) is 0. The fraction of sp³-hybridized carbons (Fsp3) is 0.909. The van der Waals surface area contributed by atoms with Crippen LogP contribution in [-0.2, 0) is 24.3 Å². The average Bonchev–Trinajstić information content (AvgIpc) is 2.36. The molecule has 0 aliphatic carbocycles. The summed E-state index contributed by atoms with van der Waals surface area (Å²) in [6, 6.07) is -0.270. The average molecular weight is 279 g/mol. The van der Waals surface area contributed by atoms with Gasteiger partial charge in [0.25, 0.3) is 0 Å². The zero-order valence-electron chi connectivity index (χ0n) is 10.9. The number of rotatable bonds is 6. The van der Waals surface area contributed by atoms with E-state index in [1.54, 1.807) is 0 Å². The second kappa shape index (κ2) is 7.06. The number of carbonyl (C=O) groups excluding carboxylic acids is 1. The Morgan fingerprint density at radius 1 is 1.33 bits per heavy atom. The molecule has 1 fully saturated rings. The molecule has 1 saturated heterocycles. The lowest BCUT2D eigenvalue weighted by atomic mass is 10.0. The SMILES string of the molecule is COCCS(=O)(=O)N1CCCCC1CC(=O)OC. The van der Waals surface area contributed by atoms with E-state index in [1.165, 1.54) is 18.5 Å². The summed E-state index contributed by atoms with van der Waals surface area (Å²) in [6.07, 6.45) is 2.62. The van der Waals surface area contributed by atoms with E-state index in [1.807, 2.05) is 0 Å². The molecule has 0 amide bonds. The zero-order chi connectivity index (χ0) is 13.6. The van der Waals surface area contributed by atoms with E-state index < -0.39 is 10.0 Å². The summed E-state index contributed by atoms with van der Waals surface area (Å²) in [4.78, 5) is 11.3. The van der Waals surface area contributed by atoms with Crippen molar-refractivity contribution in [3.05, 3.63) is 0 Å². The maximum absolute atomic E-state index is 12.1. The van der Waals surface area contributed by atoms with Gasteiger partial charge in [-0.05, 0) is 12.8 Å². The largest absolute Gasteiger partial charge is 0.469 e. The van der Waals surface area contributed by atoms with Gasteiger partial charge in [-0.15, -0.1) is 0 Å². The summed E-state index contributed by atoms with van der Waals surface area (Å²) in [5.74, 6) is -0.407. The van der Waals surface area contributed by atoms with Crippen LogP contribution in [0.3, 0.4) is 0 Å². The molecular formula is C11H21NO5S. The molecule has 1 aliphatic rings. The molecule has 1 aliphatic heterocycles. The van der Waals surface area contributed by atoms with E-state index >= 15 is 0 Å². The third-order valence-corrected chi connectivity index (χ3v) is 4.98. The fourth-order valence-electron chi connectivity index (χ4n) is 2.13. The van der Waals surface area contributed by atoms with Gasteiger partial charge >= 0.3 is 5.97 Å². The van der Waals surface area contributed by atoms with Crippen LogP contribution in [-0.4, -0.2) is 57.9 Å². The van der Waals surface area contributed by atoms with E-state index in [0.29, 0.717) is 13.0 Å². The van der Waals surface area contributed by atoms with Crippen molar-refractivity contribution in [3.63, 3.8) is 0 Å². The Morgan fingerprint density at radius 2 is 2.06 bits per heavy atom. The van der Waals surface area contributed by atoms with Crippen LogP contribution in [0.4, 0.5) is 0 Å². The molecule has 106 valence electrons. The molecular weight excluding hydrogens is 258 g/mol. The molecule has 0 radical (unpaired) electrons. The second-order valence-corrected chi connectivity index (χ2v) is 6.39. The topological polar surface area (TPSA) is 72.9 Å². The summed E-state index contributed by atoms with van der Waals surface area (Å²) in [6.45, 7) is 0.650. The van der Waals surface area contributed by atoms with E-state index in [2.05, 4.69) is 4.74 Å². The normalized spacial score (nSPS) is 21.8. The highest BCUT2D eigenvalue weighted by molar-refractivity contribution is 7.89. The van der Waals surface area contributed by atoms with Crippen LogP contribution >= 0.6 is 0 Å². The maximum Gasteiger partial charge on any atom is 0.307 e. The molecule has 1 unspecified atom stereocenters. The van der Waals surface area contributed by atoms with Crippen molar-refractivity contribution in [1.29, 1.82) is 0 Å². The van der Waals surface area contributed by atoms with Gasteiger partial charge < -0.3 is 9.47 Å². The molecule has 1 heterocycles. The van der Waals surface area contributed by atoms with Crippen LogP contribution in [0.1, 0.15) is 25.7 Å². The number of ether oxygens (including phenoxy) is 2. The number of nitrogens with zero attached hydrogens (tertiary/aromatic N) is 1. The maximum atomic E-state index is 12.1. The van der Waals surface area contributed by atoms with Gasteiger partial charge in [-0.1, -0.05) is 6.42 Å². The Kier molecular flexibility index (Phi) is 6.04. The van der Waals surface area contributed by atoms with Crippen molar-refractivity contribution in [3.8, 4) is 0 Å². The van der Waals surface area contributed by atoms with Gasteiger partial charge in [0, 0.05) is 19.7 Å². The third-order valence-electron chi connectivity index (χ3n) is 3.11. The minimum Gasteiger partial charge on any atom is -0.469 e. The van der Waals surface area contributed by atoms with Gasteiger partial charge in [-0.3, -0.25) is 4.79 Å². The number of hydrogen-bond donors (Lipinski definition) is 0. The third kappa shape index (κ3) is 4.22. The summed E-state index contributed by atoms with van der Waals surface area (Å²) >= 11 is 0. The summed E-state index contributed by atoms with van der Waals surface area (Å²) in [7, 11) is -0.564. The summed E-state index contributed by atoms with van der Waals surface area (Å²) in [5.41, 5.74) is 0. The monoisotopic (exact) mass is 279 g/mol. The molecule has 0 bridgehead atoms. The lowest BCUT2D eigenvalue weighted by Crippen LogP contribution is -2.46. The van der Waals surface area contributed by atoms with Crippen LogP contribution in [0, 0.1) is 0 Å². The minimum atomic E-state index is -3.35. The van der Waals surface area contributed by atoms with Crippen LogP contribution in [0.2, 0.25) is 0 Å². The zero-order valence-corrected chi connectivity index (χ0v) is 11.7. The number of sulfonamides is 1. The van der Waals surface area contributed by atoms with Crippen LogP contribution in [0.15, 0.2) is 0 Å². The predicted octanol–water partition coefficient (Wildman–Crippen LogP) is 0.380. The Hall–Kier alpha value is -0.660. The molecule has 0 spiro atoms. The molecule has 0 aromatic heterocycles. The van der Waals surface area contributed by atoms with Crippen LogP contribution < -0.4 is 0 Å². The fourth-order valence-corrected chi connectivity index (χ4v) is 3.78. The van der Waals surface area contributed by atoms with E-state index in [-0.39, 0.29) is 30.8 Å². The van der Waals surface area contributed by atoms with Crippen molar-refractivity contribution in [1.82, 2.24) is 4.31 Å². The molecule has 0 N–H and O–H groups in total. The molecule has 6 nitrogen and oxygen atoms in total. The second-order valence-electron chi connectivity index (χ2n) is 4.35. The van der Waals surface area contributed by atoms with Crippen molar-refractivity contribution >= 4 is 16.0 Å². The number of methoxy groups -OCH3 is 2. The highest BCUT2D eigenvalue weighted by Gasteiger charge is 2.33. The molecule has 0 saturated carbocycles. The van der Waals surface area contributed by atoms with Gasteiger partial charge in [0.2, 0.25) is 10.0 Å². The lowest BCUT2D eigenvalue weighted by molar-refractivity contribution is -0.141. The van der Waals surface area contributed by atoms with E-state index in [9.17, 15) is 13.2 Å². The molecule has 1 atom stereocenters. The highest BCUT2D eigenvalue weighted by atomic mass is 32.2. The molecule has 0 aromatic rings. The Labute approximate surface area is 108 Å². The van der Waals surface area contributed by atoms with Crippen LogP contribution in [0.25, 0.3) is 0 Å². The Morgan fingerprint density at radius 3 is 2.67 bits per heavy atom. The van der Waals surface area contributed by atoms with Gasteiger partial charge in [0.15, 0.2) is 0 Å². The highest BCUT2D eigenvalue weighted by Crippen LogP contribution is 2.23. The van der Waals surface area contributed by atoms with Crippen molar-refractivity contribution < 1.29 is 22.7 Å². The first-order chi connectivity index (χ1) is 8.51. The molecule has 0 aromatic carbocycles. The quantitative estimate of drug-likeness (QED) is 0.657. The van der Waals surface area contributed by atoms with Crippen molar-refractivity contribution in [2.75, 3.05) is 33.1 Å². The number of esters is 1. The van der Waals surface area contributed by atoms with Crippen molar-refractivity contribution in [2.45, 2.75) is 31.7 Å². The van der Waals surface area contributed by atoms with Crippen molar-refractivity contribution in [2.24, 2.45) is 0 Å². The number of piperidine rings is 1. The van der Waals surface area contributed by atoms with Crippen LogP contribution in [0.5, 0.6) is 0 Å². The number of carbonyl (C=O) groups is 1. The smallest absolute Gasteiger partial charge is 0.307 e. The van der Waals surface area contributed by atoms with Gasteiger partial charge in [-0.2, -0.15) is 4.31 Å². The predicted molar refractivity (Wildman–Crippen MR) is 66.6 cm³/mol. The Bertz CT molecular complexity index is 368. The first-order valence-electron chi connectivity index (χ1n) is 6.06. The first kappa shape index (κ1) is 15.4. The van der Waals surface area contributed by atoms with E-state index in [0.717, 1.165) is 12.8 Å². The standard InChI is InChI=1S/C11H21NO5S/c1-16-7-8-18(14,15)12-6-4-3-5-10(12)9-11(13)17-2/h10H,3-9H2,1-2H3. The lowest BCUT2D eigenvalue weighted by Gasteiger charge is -2.34. The molecule has 18 heavy (non-hydrogen) atoms. The number of hydrogen-bond acceptors (Lipinski definition) is 5. The minimum absolute atomic E-state index is 0.0405. The van der Waals surface area contributed by atoms with Gasteiger partial charge in [0.05, 0.1) is 25.9 Å². The van der Waals surface area contributed by atoms with Gasteiger partial charge in [0.1, 0.15) is 0 Å².